The molecule has 2 heterocycles. The molecular formula is C23H39F6N7O5S. The topological polar surface area (TPSA) is 156 Å². The third kappa shape index (κ3) is 9.40. The lowest BCUT2D eigenvalue weighted by Crippen LogP contribution is -2.76. The number of hydrogen-bond donors (Lipinski definition) is 5. The van der Waals surface area contributed by atoms with Crippen LogP contribution < -0.4 is 26.6 Å². The quantitative estimate of drug-likeness (QED) is 0.110. The maximum absolute atomic E-state index is 13.3. The molecule has 0 aromatic heterocycles. The number of nitro groups is 1. The van der Waals surface area contributed by atoms with Gasteiger partial charge in [-0.25, -0.2) is 0 Å². The Kier molecular flexibility index (Phi) is 11.1. The summed E-state index contributed by atoms with van der Waals surface area (Å²) in [5.74, 6) is -1.46. The molecule has 2 aliphatic heterocycles. The summed E-state index contributed by atoms with van der Waals surface area (Å²) >= 11 is 0. The van der Waals surface area contributed by atoms with Crippen LogP contribution in [-0.2, 0) is 19.3 Å². The second-order valence-corrected chi connectivity index (χ2v) is 13.8. The molecule has 0 radical (unpaired) electrons. The van der Waals surface area contributed by atoms with Gasteiger partial charge < -0.3 is 9.29 Å². The number of halogens is 6. The molecule has 2 saturated heterocycles. The van der Waals surface area contributed by atoms with Gasteiger partial charge in [0.25, 0.3) is 0 Å². The zero-order valence-corrected chi connectivity index (χ0v) is 23.7. The van der Waals surface area contributed by atoms with Crippen LogP contribution in [0, 0.1) is 16.0 Å². The highest BCUT2D eigenvalue weighted by Gasteiger charge is 2.46. The SMILES string of the molecule is O=[N+]([O-])C1CCCC([S+](=O)([O-])N2CCC(NC3NC(NC4CCCC(C(F)(F)F)C4)NC(OCC(F)(F)F)N3)CC2)C1. The number of ether oxygens (including phenoxy) is 1. The van der Waals surface area contributed by atoms with E-state index in [0.717, 1.165) is 0 Å². The summed E-state index contributed by atoms with van der Waals surface area (Å²) in [5.41, 5.74) is 0. The van der Waals surface area contributed by atoms with Crippen LogP contribution in [0.4, 0.5) is 26.3 Å². The first-order chi connectivity index (χ1) is 19.6. The summed E-state index contributed by atoms with van der Waals surface area (Å²) in [6, 6.07) is -1.65. The molecule has 5 N–H and O–H groups in total. The Morgan fingerprint density at radius 3 is 2.10 bits per heavy atom. The minimum Gasteiger partial charge on any atom is -0.597 e. The average molecular weight is 640 g/mol. The molecule has 2 aliphatic carbocycles. The summed E-state index contributed by atoms with van der Waals surface area (Å²) in [7, 11) is -3.74. The highest BCUT2D eigenvalue weighted by Crippen LogP contribution is 2.37. The fourth-order valence-corrected chi connectivity index (χ4v) is 8.33. The van der Waals surface area contributed by atoms with Crippen LogP contribution in [0.1, 0.15) is 64.2 Å². The van der Waals surface area contributed by atoms with Crippen molar-refractivity contribution in [2.75, 3.05) is 19.7 Å². The molecule has 8 atom stereocenters. The molecule has 19 heteroatoms. The van der Waals surface area contributed by atoms with E-state index >= 15 is 0 Å². The van der Waals surface area contributed by atoms with Gasteiger partial charge in [-0.3, -0.25) is 36.7 Å². The van der Waals surface area contributed by atoms with E-state index in [0.29, 0.717) is 44.9 Å². The van der Waals surface area contributed by atoms with Gasteiger partial charge in [0, 0.05) is 36.5 Å². The molecule has 0 aromatic carbocycles. The summed E-state index contributed by atoms with van der Waals surface area (Å²) in [6.45, 7) is -1.21. The molecule has 2 saturated carbocycles. The van der Waals surface area contributed by atoms with Gasteiger partial charge in [0.2, 0.25) is 6.04 Å². The van der Waals surface area contributed by atoms with Crippen LogP contribution in [0.15, 0.2) is 0 Å². The molecule has 8 unspecified atom stereocenters. The van der Waals surface area contributed by atoms with Crippen LogP contribution in [0.25, 0.3) is 0 Å². The van der Waals surface area contributed by atoms with Crippen LogP contribution in [0.3, 0.4) is 0 Å². The summed E-state index contributed by atoms with van der Waals surface area (Å²) in [6.07, 6.45) is -9.27. The molecular weight excluding hydrogens is 600 g/mol. The third-order valence-corrected chi connectivity index (χ3v) is 10.8. The molecule has 4 aliphatic rings. The Bertz CT molecular complexity index is 958. The first-order valence-corrected chi connectivity index (χ1v) is 15.8. The lowest BCUT2D eigenvalue weighted by molar-refractivity contribution is -0.526. The van der Waals surface area contributed by atoms with Crippen LogP contribution in [0.5, 0.6) is 0 Å². The second-order valence-electron chi connectivity index (χ2n) is 11.6. The van der Waals surface area contributed by atoms with Gasteiger partial charge >= 0.3 is 12.4 Å². The first-order valence-electron chi connectivity index (χ1n) is 14.3. The van der Waals surface area contributed by atoms with Crippen molar-refractivity contribution in [2.45, 2.75) is 119 Å². The maximum atomic E-state index is 13.3. The minimum absolute atomic E-state index is 0.0190. The average Bonchev–Trinajstić information content (AvgIpc) is 2.91. The molecule has 0 spiro atoms. The first kappa shape index (κ1) is 33.7. The highest BCUT2D eigenvalue weighted by atomic mass is 32.3. The van der Waals surface area contributed by atoms with Crippen molar-refractivity contribution in [2.24, 2.45) is 5.92 Å². The van der Waals surface area contributed by atoms with Crippen LogP contribution in [-0.4, -0.2) is 88.1 Å². The van der Waals surface area contributed by atoms with Crippen molar-refractivity contribution in [3.05, 3.63) is 10.1 Å². The van der Waals surface area contributed by atoms with Gasteiger partial charge in [-0.05, 0) is 44.9 Å². The Hall–Kier alpha value is -1.19. The van der Waals surface area contributed by atoms with Crippen LogP contribution in [0.2, 0.25) is 0 Å². The van der Waals surface area contributed by atoms with Crippen molar-refractivity contribution in [1.29, 1.82) is 0 Å². The van der Waals surface area contributed by atoms with Gasteiger partial charge in [0.1, 0.15) is 34.8 Å². The van der Waals surface area contributed by atoms with E-state index in [2.05, 4.69) is 26.6 Å². The maximum Gasteiger partial charge on any atom is 0.411 e. The molecule has 42 heavy (non-hydrogen) atoms. The fourth-order valence-electron chi connectivity index (χ4n) is 6.26. The molecule has 12 nitrogen and oxygen atoms in total. The van der Waals surface area contributed by atoms with Gasteiger partial charge in [-0.15, -0.1) is 4.31 Å². The van der Waals surface area contributed by atoms with Crippen molar-refractivity contribution in [1.82, 2.24) is 30.9 Å². The van der Waals surface area contributed by atoms with E-state index in [1.54, 1.807) is 0 Å². The number of alkyl halides is 6. The zero-order chi connectivity index (χ0) is 30.7. The summed E-state index contributed by atoms with van der Waals surface area (Å²) in [4.78, 5) is 10.8. The highest BCUT2D eigenvalue weighted by molar-refractivity contribution is 7.96. The third-order valence-electron chi connectivity index (χ3n) is 8.46. The zero-order valence-electron chi connectivity index (χ0n) is 22.9. The number of nitrogens with zero attached hydrogens (tertiary/aromatic N) is 2. The number of sulfonamides is 1. The van der Waals surface area contributed by atoms with Gasteiger partial charge in [0.15, 0.2) is 6.35 Å². The van der Waals surface area contributed by atoms with Gasteiger partial charge in [0.05, 0.1) is 12.3 Å². The van der Waals surface area contributed by atoms with Crippen molar-refractivity contribution in [3.63, 3.8) is 0 Å². The lowest BCUT2D eigenvalue weighted by Gasteiger charge is -2.44. The fraction of sp³-hybridized carbons (Fsp3) is 1.00. The van der Waals surface area contributed by atoms with Crippen LogP contribution >= 0.6 is 0 Å². The van der Waals surface area contributed by atoms with E-state index in [4.69, 9.17) is 4.74 Å². The van der Waals surface area contributed by atoms with E-state index < -0.39 is 76.5 Å². The molecule has 0 amide bonds. The summed E-state index contributed by atoms with van der Waals surface area (Å²) < 4.78 is 111. The predicted molar refractivity (Wildman–Crippen MR) is 137 cm³/mol. The predicted octanol–water partition coefficient (Wildman–Crippen LogP) is 2.10. The molecule has 0 aromatic rings. The minimum atomic E-state index is -4.60. The van der Waals surface area contributed by atoms with Crippen molar-refractivity contribution in [3.8, 4) is 0 Å². The number of rotatable bonds is 9. The standard InChI is InChI=1S/C23H39F6N7O5S/c24-22(25,26)13-41-21-33-19(32-20(34-21)31-16-4-1-3-14(11-16)23(27,28)29)30-15-7-9-35(10-8-15)42(39,40)18-6-2-5-17(12-18)36(37)38/h14-21,30-34H,1-13H2. The number of hydrogen-bond acceptors (Lipinski definition) is 10. The molecule has 0 bridgehead atoms. The lowest BCUT2D eigenvalue weighted by atomic mass is 9.85. The monoisotopic (exact) mass is 639 g/mol. The molecule has 4 fully saturated rings. The normalized spacial score (nSPS) is 35.9. The molecule has 244 valence electrons. The van der Waals surface area contributed by atoms with E-state index in [9.17, 15) is 45.2 Å². The Balaban J connectivity index is 1.32. The van der Waals surface area contributed by atoms with Gasteiger partial charge in [-0.1, -0.05) is 10.6 Å². The second kappa shape index (κ2) is 13.8. The Labute approximate surface area is 240 Å². The molecule has 4 rings (SSSR count). The Morgan fingerprint density at radius 2 is 1.50 bits per heavy atom. The Morgan fingerprint density at radius 1 is 0.881 bits per heavy atom. The summed E-state index contributed by atoms with van der Waals surface area (Å²) in [5, 5.41) is 25.2. The van der Waals surface area contributed by atoms with E-state index in [1.807, 2.05) is 0 Å². The number of nitrogens with one attached hydrogen (secondary N) is 5. The van der Waals surface area contributed by atoms with Crippen molar-refractivity contribution >= 4 is 10.4 Å². The van der Waals surface area contributed by atoms with E-state index in [-0.39, 0.29) is 38.4 Å². The smallest absolute Gasteiger partial charge is 0.411 e. The van der Waals surface area contributed by atoms with E-state index in [1.165, 1.54) is 4.31 Å². The van der Waals surface area contributed by atoms with Crippen molar-refractivity contribution < 1.29 is 44.8 Å². The van der Waals surface area contributed by atoms with Gasteiger partial charge in [-0.2, -0.15) is 26.3 Å². The number of piperidine rings is 1. The largest absolute Gasteiger partial charge is 0.597 e.